The fourth-order valence-electron chi connectivity index (χ4n) is 1.59. The Kier molecular flexibility index (Phi) is 5.75. The fourth-order valence-corrected chi connectivity index (χ4v) is 2.33. The molecule has 0 saturated heterocycles. The van der Waals surface area contributed by atoms with Crippen LogP contribution < -0.4 is 0 Å². The van der Waals surface area contributed by atoms with E-state index in [1.54, 1.807) is 23.7 Å². The first-order valence-corrected chi connectivity index (χ1v) is 7.03. The zero-order chi connectivity index (χ0) is 13.7. The van der Waals surface area contributed by atoms with Gasteiger partial charge in [-0.2, -0.15) is 11.8 Å². The van der Waals surface area contributed by atoms with Crippen molar-refractivity contribution in [3.63, 3.8) is 0 Å². The lowest BCUT2D eigenvalue weighted by atomic mass is 10.1. The van der Waals surface area contributed by atoms with E-state index in [4.69, 9.17) is 0 Å². The van der Waals surface area contributed by atoms with Crippen LogP contribution in [0.3, 0.4) is 0 Å². The molecule has 0 fully saturated rings. The SMILES string of the molecule is CSCC(C)N(C)CC(=O)c1c(F)cccc1F. The first-order valence-electron chi connectivity index (χ1n) is 5.63. The summed E-state index contributed by atoms with van der Waals surface area (Å²) in [5, 5.41) is 0. The van der Waals surface area contributed by atoms with Crippen LogP contribution >= 0.6 is 11.8 Å². The number of rotatable bonds is 6. The van der Waals surface area contributed by atoms with Gasteiger partial charge >= 0.3 is 0 Å². The van der Waals surface area contributed by atoms with Crippen LogP contribution in [-0.4, -0.2) is 42.3 Å². The lowest BCUT2D eigenvalue weighted by Crippen LogP contribution is -2.36. The van der Waals surface area contributed by atoms with Gasteiger partial charge in [-0.05, 0) is 32.4 Å². The van der Waals surface area contributed by atoms with Gasteiger partial charge < -0.3 is 0 Å². The lowest BCUT2D eigenvalue weighted by molar-refractivity contribution is 0.0922. The van der Waals surface area contributed by atoms with Crippen molar-refractivity contribution in [2.24, 2.45) is 0 Å². The van der Waals surface area contributed by atoms with Crippen molar-refractivity contribution in [1.29, 1.82) is 0 Å². The molecule has 0 radical (unpaired) electrons. The summed E-state index contributed by atoms with van der Waals surface area (Å²) in [5.41, 5.74) is -0.444. The van der Waals surface area contributed by atoms with Crippen LogP contribution in [0.15, 0.2) is 18.2 Å². The third-order valence-electron chi connectivity index (χ3n) is 2.79. The van der Waals surface area contributed by atoms with E-state index in [1.165, 1.54) is 6.07 Å². The molecule has 1 aromatic carbocycles. The summed E-state index contributed by atoms with van der Waals surface area (Å²) in [6, 6.07) is 3.63. The van der Waals surface area contributed by atoms with Gasteiger partial charge in [0.2, 0.25) is 0 Å². The number of thioether (sulfide) groups is 1. The van der Waals surface area contributed by atoms with E-state index in [-0.39, 0.29) is 12.6 Å². The highest BCUT2D eigenvalue weighted by Gasteiger charge is 2.20. The molecule has 0 spiro atoms. The molecule has 1 atom stereocenters. The maximum Gasteiger partial charge on any atom is 0.182 e. The molecule has 1 unspecified atom stereocenters. The van der Waals surface area contributed by atoms with E-state index in [0.29, 0.717) is 0 Å². The molecule has 0 N–H and O–H groups in total. The van der Waals surface area contributed by atoms with Crippen molar-refractivity contribution in [1.82, 2.24) is 4.90 Å². The van der Waals surface area contributed by atoms with Gasteiger partial charge in [-0.25, -0.2) is 8.78 Å². The Morgan fingerprint density at radius 3 is 2.44 bits per heavy atom. The third kappa shape index (κ3) is 3.78. The summed E-state index contributed by atoms with van der Waals surface area (Å²) in [6.45, 7) is 1.99. The zero-order valence-electron chi connectivity index (χ0n) is 10.7. The third-order valence-corrected chi connectivity index (χ3v) is 3.61. The van der Waals surface area contributed by atoms with Gasteiger partial charge in [-0.3, -0.25) is 9.69 Å². The minimum atomic E-state index is -0.800. The summed E-state index contributed by atoms with van der Waals surface area (Å²) in [5.74, 6) is -1.26. The lowest BCUT2D eigenvalue weighted by Gasteiger charge is -2.23. The van der Waals surface area contributed by atoms with E-state index in [1.807, 2.05) is 13.2 Å². The normalized spacial score (nSPS) is 12.8. The predicted octanol–water partition coefficient (Wildman–Crippen LogP) is 2.83. The standard InChI is InChI=1S/C13H17F2NOS/c1-9(8-18-3)16(2)7-12(17)13-10(14)5-4-6-11(13)15/h4-6,9H,7-8H2,1-3H3. The number of hydrogen-bond donors (Lipinski definition) is 0. The fraction of sp³-hybridized carbons (Fsp3) is 0.462. The molecular weight excluding hydrogens is 256 g/mol. The molecule has 1 aromatic rings. The Bertz CT molecular complexity index is 405. The number of Topliss-reactive ketones (excluding diaryl/α,β-unsaturated/α-hetero) is 1. The molecule has 2 nitrogen and oxygen atoms in total. The predicted molar refractivity (Wildman–Crippen MR) is 71.2 cm³/mol. The smallest absolute Gasteiger partial charge is 0.182 e. The second kappa shape index (κ2) is 6.85. The Morgan fingerprint density at radius 2 is 1.94 bits per heavy atom. The van der Waals surface area contributed by atoms with Gasteiger partial charge in [-0.15, -0.1) is 0 Å². The minimum absolute atomic E-state index is 0.0135. The van der Waals surface area contributed by atoms with Crippen LogP contribution in [0, 0.1) is 11.6 Å². The van der Waals surface area contributed by atoms with Crippen LogP contribution in [0.5, 0.6) is 0 Å². The average molecular weight is 273 g/mol. The van der Waals surface area contributed by atoms with Gasteiger partial charge in [0.1, 0.15) is 11.6 Å². The van der Waals surface area contributed by atoms with Crippen molar-refractivity contribution in [2.45, 2.75) is 13.0 Å². The molecule has 0 aliphatic heterocycles. The van der Waals surface area contributed by atoms with Crippen molar-refractivity contribution in [2.75, 3.05) is 25.6 Å². The number of halogens is 2. The summed E-state index contributed by atoms with van der Waals surface area (Å²) in [7, 11) is 1.78. The van der Waals surface area contributed by atoms with Crippen molar-refractivity contribution >= 4 is 17.5 Å². The highest BCUT2D eigenvalue weighted by Crippen LogP contribution is 2.14. The van der Waals surface area contributed by atoms with Gasteiger partial charge in [0.15, 0.2) is 5.78 Å². The van der Waals surface area contributed by atoms with Crippen LogP contribution in [-0.2, 0) is 0 Å². The summed E-state index contributed by atoms with van der Waals surface area (Å²) in [6.07, 6.45) is 1.97. The highest BCUT2D eigenvalue weighted by molar-refractivity contribution is 7.98. The number of carbonyl (C=O) groups is 1. The molecule has 0 bridgehead atoms. The van der Waals surface area contributed by atoms with Crippen LogP contribution in [0.4, 0.5) is 8.78 Å². The van der Waals surface area contributed by atoms with Gasteiger partial charge in [0.25, 0.3) is 0 Å². The summed E-state index contributed by atoms with van der Waals surface area (Å²) in [4.78, 5) is 13.7. The van der Waals surface area contributed by atoms with Gasteiger partial charge in [0, 0.05) is 11.8 Å². The first kappa shape index (κ1) is 15.1. The van der Waals surface area contributed by atoms with E-state index < -0.39 is 23.0 Å². The van der Waals surface area contributed by atoms with Crippen LogP contribution in [0.25, 0.3) is 0 Å². The van der Waals surface area contributed by atoms with Gasteiger partial charge in [-0.1, -0.05) is 6.07 Å². The van der Waals surface area contributed by atoms with E-state index in [0.717, 1.165) is 17.9 Å². The Morgan fingerprint density at radius 1 is 1.39 bits per heavy atom. The largest absolute Gasteiger partial charge is 0.295 e. The van der Waals surface area contributed by atoms with Crippen LogP contribution in [0.1, 0.15) is 17.3 Å². The van der Waals surface area contributed by atoms with E-state index >= 15 is 0 Å². The molecule has 0 amide bonds. The molecule has 0 heterocycles. The molecule has 0 aromatic heterocycles. The molecule has 100 valence electrons. The number of ketones is 1. The first-order chi connectivity index (χ1) is 8.47. The number of nitrogens with zero attached hydrogens (tertiary/aromatic N) is 1. The Balaban J connectivity index is 2.77. The number of likely N-dealkylation sites (N-methyl/N-ethyl adjacent to an activating group) is 1. The maximum absolute atomic E-state index is 13.4. The van der Waals surface area contributed by atoms with Crippen molar-refractivity contribution < 1.29 is 13.6 Å². The molecular formula is C13H17F2NOS. The molecule has 0 aliphatic carbocycles. The average Bonchev–Trinajstić information content (AvgIpc) is 2.28. The highest BCUT2D eigenvalue weighted by atomic mass is 32.2. The summed E-state index contributed by atoms with van der Waals surface area (Å²) < 4.78 is 26.8. The van der Waals surface area contributed by atoms with Crippen LogP contribution in [0.2, 0.25) is 0 Å². The molecule has 0 saturated carbocycles. The number of hydrogen-bond acceptors (Lipinski definition) is 3. The van der Waals surface area contributed by atoms with E-state index in [2.05, 4.69) is 0 Å². The number of carbonyl (C=O) groups excluding carboxylic acids is 1. The van der Waals surface area contributed by atoms with Crippen molar-refractivity contribution in [3.05, 3.63) is 35.4 Å². The maximum atomic E-state index is 13.4. The minimum Gasteiger partial charge on any atom is -0.295 e. The van der Waals surface area contributed by atoms with Crippen molar-refractivity contribution in [3.8, 4) is 0 Å². The Hall–Kier alpha value is -0.940. The zero-order valence-corrected chi connectivity index (χ0v) is 11.6. The summed E-state index contributed by atoms with van der Waals surface area (Å²) >= 11 is 1.67. The second-order valence-corrected chi connectivity index (χ2v) is 5.15. The van der Waals surface area contributed by atoms with Gasteiger partial charge in [0.05, 0.1) is 12.1 Å². The molecule has 1 rings (SSSR count). The van der Waals surface area contributed by atoms with E-state index in [9.17, 15) is 13.6 Å². The molecule has 0 aliphatic rings. The second-order valence-electron chi connectivity index (χ2n) is 4.24. The number of benzene rings is 1. The Labute approximate surface area is 110 Å². The molecule has 5 heteroatoms. The monoisotopic (exact) mass is 273 g/mol. The molecule has 18 heavy (non-hydrogen) atoms. The topological polar surface area (TPSA) is 20.3 Å². The quantitative estimate of drug-likeness (QED) is 0.743.